The van der Waals surface area contributed by atoms with E-state index in [4.69, 9.17) is 19.4 Å². The van der Waals surface area contributed by atoms with E-state index in [0.717, 1.165) is 27.6 Å². The highest BCUT2D eigenvalue weighted by Crippen LogP contribution is 2.66. The highest BCUT2D eigenvalue weighted by molar-refractivity contribution is 6.15. The van der Waals surface area contributed by atoms with Gasteiger partial charge in [-0.2, -0.15) is 26.3 Å². The van der Waals surface area contributed by atoms with Gasteiger partial charge in [0.2, 0.25) is 0 Å². The molecule has 0 saturated carbocycles. The van der Waals surface area contributed by atoms with Crippen LogP contribution in [0.15, 0.2) is 168 Å². The standard InChI is InChI=1S/C50H27F6N3O/c51-48(52)43-35-15-8-7-14-34(35)38-26-32(22-24-36(38)44(43)49(53,54)50(48,55)56)33-23-25-40-39(27-33)42-37(16-9-17-41(42)60-40)47-58-45(30-12-5-2-6-13-30)57-46(59-47)31-20-18-29(19-21-31)28-10-3-1-4-11-28/h1-27H. The van der Waals surface area contributed by atoms with Gasteiger partial charge in [-0.05, 0) is 68.1 Å². The van der Waals surface area contributed by atoms with Gasteiger partial charge in [0.15, 0.2) is 17.5 Å². The van der Waals surface area contributed by atoms with Crippen molar-refractivity contribution in [3.8, 4) is 56.4 Å². The first-order valence-corrected chi connectivity index (χ1v) is 19.1. The van der Waals surface area contributed by atoms with E-state index in [1.807, 2.05) is 109 Å². The number of aromatic nitrogens is 3. The number of nitrogens with zero attached hydrogens (tertiary/aromatic N) is 3. The summed E-state index contributed by atoms with van der Waals surface area (Å²) in [6, 6.07) is 48.7. The molecule has 4 nitrogen and oxygen atoms in total. The molecule has 2 aromatic heterocycles. The minimum absolute atomic E-state index is 0.149. The predicted octanol–water partition coefficient (Wildman–Crippen LogP) is 14.2. The molecule has 1 aliphatic carbocycles. The zero-order chi connectivity index (χ0) is 41.0. The summed E-state index contributed by atoms with van der Waals surface area (Å²) < 4.78 is 97.4. The Bertz CT molecular complexity index is 3350. The van der Waals surface area contributed by atoms with Crippen molar-refractivity contribution >= 4 is 43.5 Å². The number of hydrogen-bond donors (Lipinski definition) is 0. The molecule has 2 heterocycles. The topological polar surface area (TPSA) is 51.8 Å². The summed E-state index contributed by atoms with van der Waals surface area (Å²) >= 11 is 0. The van der Waals surface area contributed by atoms with Crippen LogP contribution in [0.1, 0.15) is 11.1 Å². The van der Waals surface area contributed by atoms with E-state index in [2.05, 4.69) is 0 Å². The molecule has 0 radical (unpaired) electrons. The smallest absolute Gasteiger partial charge is 0.380 e. The van der Waals surface area contributed by atoms with Gasteiger partial charge in [-0.3, -0.25) is 0 Å². The van der Waals surface area contributed by atoms with Crippen molar-refractivity contribution in [1.82, 2.24) is 15.0 Å². The van der Waals surface area contributed by atoms with Gasteiger partial charge in [-0.25, -0.2) is 15.0 Å². The molecule has 290 valence electrons. The quantitative estimate of drug-likeness (QED) is 0.129. The second-order valence-electron chi connectivity index (χ2n) is 14.9. The Morgan fingerprint density at radius 1 is 0.350 bits per heavy atom. The third-order valence-electron chi connectivity index (χ3n) is 11.4. The lowest BCUT2D eigenvalue weighted by Crippen LogP contribution is -2.43. The van der Waals surface area contributed by atoms with Gasteiger partial charge >= 0.3 is 17.8 Å². The molecule has 0 N–H and O–H groups in total. The van der Waals surface area contributed by atoms with Gasteiger partial charge in [-0.1, -0.05) is 140 Å². The highest BCUT2D eigenvalue weighted by Gasteiger charge is 2.80. The number of rotatable bonds is 5. The van der Waals surface area contributed by atoms with Crippen molar-refractivity contribution in [2.45, 2.75) is 17.8 Å². The molecule has 0 spiro atoms. The Balaban J connectivity index is 1.08. The maximum absolute atomic E-state index is 15.4. The minimum Gasteiger partial charge on any atom is -0.456 e. The van der Waals surface area contributed by atoms with Gasteiger partial charge < -0.3 is 4.42 Å². The molecule has 0 bridgehead atoms. The summed E-state index contributed by atoms with van der Waals surface area (Å²) in [6.45, 7) is 0. The molecule has 0 fully saturated rings. The summed E-state index contributed by atoms with van der Waals surface area (Å²) in [7, 11) is 0. The summed E-state index contributed by atoms with van der Waals surface area (Å²) in [5, 5.41) is 1.03. The van der Waals surface area contributed by atoms with Crippen LogP contribution in [-0.2, 0) is 11.8 Å². The Labute approximate surface area is 337 Å². The summed E-state index contributed by atoms with van der Waals surface area (Å²) in [5.74, 6) is -14.5. The van der Waals surface area contributed by atoms with Crippen LogP contribution in [0, 0.1) is 0 Å². The molecule has 0 aliphatic heterocycles. The lowest BCUT2D eigenvalue weighted by molar-refractivity contribution is -0.301. The van der Waals surface area contributed by atoms with Crippen molar-refractivity contribution in [3.63, 3.8) is 0 Å². The third kappa shape index (κ3) is 5.16. The first-order chi connectivity index (χ1) is 29.0. The number of furan rings is 1. The molecule has 0 unspecified atom stereocenters. The molecule has 0 atom stereocenters. The number of hydrogen-bond acceptors (Lipinski definition) is 4. The number of halogens is 6. The van der Waals surface area contributed by atoms with E-state index in [1.165, 1.54) is 30.3 Å². The number of fused-ring (bicyclic) bond motifs is 9. The van der Waals surface area contributed by atoms with Crippen molar-refractivity contribution in [3.05, 3.63) is 175 Å². The zero-order valence-electron chi connectivity index (χ0n) is 31.1. The second-order valence-corrected chi connectivity index (χ2v) is 14.9. The number of benzene rings is 8. The van der Waals surface area contributed by atoms with Crippen LogP contribution in [0.25, 0.3) is 99.9 Å². The number of alkyl halides is 6. The largest absolute Gasteiger partial charge is 0.456 e. The van der Waals surface area contributed by atoms with E-state index in [-0.39, 0.29) is 21.5 Å². The molecule has 1 aliphatic rings. The van der Waals surface area contributed by atoms with E-state index in [0.29, 0.717) is 50.7 Å². The Hall–Kier alpha value is -7.33. The Kier molecular flexibility index (Phi) is 7.66. The van der Waals surface area contributed by atoms with Crippen LogP contribution in [0.2, 0.25) is 0 Å². The molecular weight excluding hydrogens is 773 g/mol. The van der Waals surface area contributed by atoms with Crippen molar-refractivity contribution < 1.29 is 30.8 Å². The van der Waals surface area contributed by atoms with Crippen LogP contribution >= 0.6 is 0 Å². The fourth-order valence-electron chi connectivity index (χ4n) is 8.51. The van der Waals surface area contributed by atoms with E-state index in [1.54, 1.807) is 24.3 Å². The maximum Gasteiger partial charge on any atom is 0.380 e. The first kappa shape index (κ1) is 35.8. The molecular formula is C50H27F6N3O. The molecule has 60 heavy (non-hydrogen) atoms. The zero-order valence-corrected chi connectivity index (χ0v) is 31.1. The van der Waals surface area contributed by atoms with Crippen LogP contribution in [-0.4, -0.2) is 20.9 Å². The van der Waals surface area contributed by atoms with Gasteiger partial charge in [0.25, 0.3) is 0 Å². The third-order valence-corrected chi connectivity index (χ3v) is 11.4. The molecule has 0 saturated heterocycles. The van der Waals surface area contributed by atoms with Crippen LogP contribution < -0.4 is 0 Å². The van der Waals surface area contributed by atoms with Crippen molar-refractivity contribution in [1.29, 1.82) is 0 Å². The van der Waals surface area contributed by atoms with Crippen LogP contribution in [0.3, 0.4) is 0 Å². The molecule has 0 amide bonds. The molecule has 8 aromatic carbocycles. The van der Waals surface area contributed by atoms with Gasteiger partial charge in [-0.15, -0.1) is 0 Å². The van der Waals surface area contributed by atoms with Gasteiger partial charge in [0, 0.05) is 38.6 Å². The van der Waals surface area contributed by atoms with Crippen molar-refractivity contribution in [2.75, 3.05) is 0 Å². The van der Waals surface area contributed by atoms with Crippen LogP contribution in [0.5, 0.6) is 0 Å². The fraction of sp³-hybridized carbons (Fsp3) is 0.0600. The first-order valence-electron chi connectivity index (χ1n) is 19.1. The lowest BCUT2D eigenvalue weighted by atomic mass is 9.89. The van der Waals surface area contributed by atoms with Crippen LogP contribution in [0.4, 0.5) is 26.3 Å². The molecule has 10 aromatic rings. The van der Waals surface area contributed by atoms with E-state index < -0.39 is 28.9 Å². The molecule has 11 rings (SSSR count). The fourth-order valence-corrected chi connectivity index (χ4v) is 8.51. The maximum atomic E-state index is 15.4. The average molecular weight is 800 g/mol. The lowest BCUT2D eigenvalue weighted by Gasteiger charge is -2.23. The second kappa shape index (κ2) is 12.8. The normalized spacial score (nSPS) is 15.2. The summed E-state index contributed by atoms with van der Waals surface area (Å²) in [4.78, 5) is 14.9. The highest BCUT2D eigenvalue weighted by atomic mass is 19.3. The minimum atomic E-state index is -5.61. The monoisotopic (exact) mass is 799 g/mol. The Morgan fingerprint density at radius 3 is 1.50 bits per heavy atom. The average Bonchev–Trinajstić information content (AvgIpc) is 3.71. The van der Waals surface area contributed by atoms with Crippen molar-refractivity contribution in [2.24, 2.45) is 0 Å². The molecule has 10 heteroatoms. The Morgan fingerprint density at radius 2 is 0.833 bits per heavy atom. The van der Waals surface area contributed by atoms with E-state index >= 15 is 17.6 Å². The van der Waals surface area contributed by atoms with Gasteiger partial charge in [0.1, 0.15) is 11.2 Å². The van der Waals surface area contributed by atoms with Gasteiger partial charge in [0.05, 0.1) is 0 Å². The predicted molar refractivity (Wildman–Crippen MR) is 222 cm³/mol. The summed E-state index contributed by atoms with van der Waals surface area (Å²) in [6.07, 6.45) is 0. The summed E-state index contributed by atoms with van der Waals surface area (Å²) in [5.41, 5.74) is 4.04. The van der Waals surface area contributed by atoms with E-state index in [9.17, 15) is 8.78 Å². The SMILES string of the molecule is FC1(F)c2c(c3ccc(-c4ccc5oc6cccc(-c7nc(-c8ccccc8)nc(-c8ccc(-c9ccccc9)cc8)n7)c6c5c4)cc3c3ccccc23)C(F)(F)C1(F)F.